The van der Waals surface area contributed by atoms with Crippen molar-refractivity contribution in [2.45, 2.75) is 4.83 Å². The Morgan fingerprint density at radius 3 is 3.00 bits per heavy atom. The monoisotopic (exact) mass is 276 g/mol. The predicted octanol–water partition coefficient (Wildman–Crippen LogP) is -0.529. The van der Waals surface area contributed by atoms with Gasteiger partial charge in [0.2, 0.25) is 0 Å². The van der Waals surface area contributed by atoms with E-state index in [1.807, 2.05) is 0 Å². The average Bonchev–Trinajstić information content (AvgIpc) is 2.77. The highest BCUT2D eigenvalue weighted by Crippen LogP contribution is 2.00. The summed E-state index contributed by atoms with van der Waals surface area (Å²) in [5, 5.41) is 11.9. The molecule has 0 aliphatic heterocycles. The summed E-state index contributed by atoms with van der Waals surface area (Å²) in [5.74, 6) is -0.854. The number of methoxy groups -OCH3 is 1. The lowest BCUT2D eigenvalue weighted by Crippen LogP contribution is -2.34. The lowest BCUT2D eigenvalue weighted by Gasteiger charge is -2.07. The zero-order valence-corrected chi connectivity index (χ0v) is 9.44. The molecule has 0 bridgehead atoms. The highest BCUT2D eigenvalue weighted by atomic mass is 79.9. The molecule has 0 saturated heterocycles. The molecular formula is C7H9BrN4O3. The number of aromatic amines is 1. The number of nitrogens with zero attached hydrogens (tertiary/aromatic N) is 2. The summed E-state index contributed by atoms with van der Waals surface area (Å²) >= 11 is 3.06. The highest BCUT2D eigenvalue weighted by molar-refractivity contribution is 9.10. The van der Waals surface area contributed by atoms with Gasteiger partial charge >= 0.3 is 5.97 Å². The molecule has 0 aliphatic rings. The second-order valence-corrected chi connectivity index (χ2v) is 3.66. The van der Waals surface area contributed by atoms with Gasteiger partial charge in [-0.1, -0.05) is 15.9 Å². The second-order valence-electron chi connectivity index (χ2n) is 2.56. The molecule has 2 N–H and O–H groups in total. The number of halogens is 1. The normalized spacial score (nSPS) is 11.9. The molecule has 1 rings (SSSR count). The van der Waals surface area contributed by atoms with Gasteiger partial charge in [0, 0.05) is 6.54 Å². The van der Waals surface area contributed by atoms with E-state index in [0.717, 1.165) is 0 Å². The molecule has 1 aromatic rings. The van der Waals surface area contributed by atoms with Crippen LogP contribution in [0.5, 0.6) is 0 Å². The molecule has 1 heterocycles. The van der Waals surface area contributed by atoms with Crippen LogP contribution < -0.4 is 5.32 Å². The molecule has 0 fully saturated rings. The molecule has 0 aromatic carbocycles. The summed E-state index contributed by atoms with van der Waals surface area (Å²) in [7, 11) is 1.27. The van der Waals surface area contributed by atoms with Crippen LogP contribution in [0.15, 0.2) is 6.20 Å². The molecule has 1 atom stereocenters. The van der Waals surface area contributed by atoms with Gasteiger partial charge in [0.05, 0.1) is 13.3 Å². The predicted molar refractivity (Wildman–Crippen MR) is 53.4 cm³/mol. The van der Waals surface area contributed by atoms with Crippen molar-refractivity contribution in [1.82, 2.24) is 20.7 Å². The summed E-state index contributed by atoms with van der Waals surface area (Å²) in [6.45, 7) is 0.123. The van der Waals surface area contributed by atoms with E-state index >= 15 is 0 Å². The van der Waals surface area contributed by atoms with Gasteiger partial charge in [0.25, 0.3) is 5.91 Å². The van der Waals surface area contributed by atoms with E-state index < -0.39 is 16.7 Å². The number of alkyl halides is 1. The number of aromatic nitrogens is 3. The number of rotatable bonds is 4. The molecule has 1 amide bonds. The molecule has 0 aliphatic carbocycles. The largest absolute Gasteiger partial charge is 0.468 e. The first-order chi connectivity index (χ1) is 7.15. The van der Waals surface area contributed by atoms with E-state index in [1.54, 1.807) is 0 Å². The van der Waals surface area contributed by atoms with Crippen LogP contribution in [0, 0.1) is 0 Å². The van der Waals surface area contributed by atoms with Gasteiger partial charge in [0.15, 0.2) is 5.69 Å². The third-order valence-electron chi connectivity index (χ3n) is 1.55. The third-order valence-corrected chi connectivity index (χ3v) is 2.24. The van der Waals surface area contributed by atoms with E-state index in [9.17, 15) is 9.59 Å². The zero-order valence-electron chi connectivity index (χ0n) is 7.86. The fourth-order valence-corrected chi connectivity index (χ4v) is 1.14. The highest BCUT2D eigenvalue weighted by Gasteiger charge is 2.17. The van der Waals surface area contributed by atoms with Crippen LogP contribution in [-0.2, 0) is 9.53 Å². The smallest absolute Gasteiger partial charge is 0.321 e. The van der Waals surface area contributed by atoms with Crippen LogP contribution in [0.3, 0.4) is 0 Å². The van der Waals surface area contributed by atoms with Gasteiger partial charge in [0.1, 0.15) is 4.83 Å². The Kier molecular flexibility index (Phi) is 4.22. The minimum atomic E-state index is -0.571. The second kappa shape index (κ2) is 5.44. The number of hydrogen-bond acceptors (Lipinski definition) is 5. The number of H-pyrrole nitrogens is 1. The molecule has 0 spiro atoms. The van der Waals surface area contributed by atoms with Crippen LogP contribution >= 0.6 is 15.9 Å². The van der Waals surface area contributed by atoms with Gasteiger partial charge < -0.3 is 10.1 Å². The van der Waals surface area contributed by atoms with E-state index in [2.05, 4.69) is 41.4 Å². The summed E-state index contributed by atoms with van der Waals surface area (Å²) < 4.78 is 4.46. The molecule has 0 saturated carbocycles. The van der Waals surface area contributed by atoms with Gasteiger partial charge in [-0.3, -0.25) is 9.59 Å². The fraction of sp³-hybridized carbons (Fsp3) is 0.429. The van der Waals surface area contributed by atoms with Crippen molar-refractivity contribution in [1.29, 1.82) is 0 Å². The molecule has 7 nitrogen and oxygen atoms in total. The standard InChI is InChI=1S/C7H9BrN4O3/c1-15-7(14)4(8)2-9-6(13)5-3-10-12-11-5/h3-4H,2H2,1H3,(H,9,13)(H,10,11,12). The maximum absolute atomic E-state index is 11.3. The van der Waals surface area contributed by atoms with Crippen LogP contribution in [-0.4, -0.2) is 45.8 Å². The topological polar surface area (TPSA) is 97.0 Å². The van der Waals surface area contributed by atoms with Crippen molar-refractivity contribution < 1.29 is 14.3 Å². The number of carbonyl (C=O) groups is 2. The molecule has 1 aromatic heterocycles. The van der Waals surface area contributed by atoms with Crippen molar-refractivity contribution in [3.05, 3.63) is 11.9 Å². The average molecular weight is 277 g/mol. The minimum absolute atomic E-state index is 0.123. The Bertz CT molecular complexity index is 340. The number of amides is 1. The first-order valence-electron chi connectivity index (χ1n) is 4.01. The first-order valence-corrected chi connectivity index (χ1v) is 4.92. The number of hydrogen-bond donors (Lipinski definition) is 2. The zero-order chi connectivity index (χ0) is 11.3. The van der Waals surface area contributed by atoms with E-state index in [-0.39, 0.29) is 12.2 Å². The van der Waals surface area contributed by atoms with Crippen molar-refractivity contribution in [2.75, 3.05) is 13.7 Å². The van der Waals surface area contributed by atoms with E-state index in [1.165, 1.54) is 13.3 Å². The van der Waals surface area contributed by atoms with Crippen LogP contribution in [0.25, 0.3) is 0 Å². The molecule has 0 radical (unpaired) electrons. The maximum Gasteiger partial charge on any atom is 0.321 e. The summed E-state index contributed by atoms with van der Waals surface area (Å²) in [5.41, 5.74) is 0.166. The summed E-state index contributed by atoms with van der Waals surface area (Å²) in [6.07, 6.45) is 1.29. The van der Waals surface area contributed by atoms with Gasteiger partial charge in [-0.05, 0) is 0 Å². The quantitative estimate of drug-likeness (QED) is 0.569. The van der Waals surface area contributed by atoms with E-state index in [0.29, 0.717) is 0 Å². The Labute approximate surface area is 93.7 Å². The summed E-state index contributed by atoms with van der Waals surface area (Å²) in [6, 6.07) is 0. The molecular weight excluding hydrogens is 268 g/mol. The molecule has 8 heteroatoms. The van der Waals surface area contributed by atoms with Crippen LogP contribution in [0.2, 0.25) is 0 Å². The van der Waals surface area contributed by atoms with Crippen LogP contribution in [0.1, 0.15) is 10.5 Å². The number of carbonyl (C=O) groups excluding carboxylic acids is 2. The van der Waals surface area contributed by atoms with Gasteiger partial charge in [-0.15, -0.1) is 0 Å². The van der Waals surface area contributed by atoms with Crippen molar-refractivity contribution in [3.63, 3.8) is 0 Å². The molecule has 1 unspecified atom stereocenters. The van der Waals surface area contributed by atoms with Gasteiger partial charge in [-0.25, -0.2) is 0 Å². The lowest BCUT2D eigenvalue weighted by molar-refractivity contribution is -0.139. The molecule has 15 heavy (non-hydrogen) atoms. The van der Waals surface area contributed by atoms with Crippen molar-refractivity contribution in [3.8, 4) is 0 Å². The van der Waals surface area contributed by atoms with Crippen molar-refractivity contribution >= 4 is 27.8 Å². The number of nitrogens with one attached hydrogen (secondary N) is 2. The Morgan fingerprint density at radius 2 is 2.47 bits per heavy atom. The van der Waals surface area contributed by atoms with Crippen LogP contribution in [0.4, 0.5) is 0 Å². The lowest BCUT2D eigenvalue weighted by atomic mass is 10.4. The number of ether oxygens (including phenoxy) is 1. The maximum atomic E-state index is 11.3. The third kappa shape index (κ3) is 3.31. The van der Waals surface area contributed by atoms with Crippen molar-refractivity contribution in [2.24, 2.45) is 0 Å². The first kappa shape index (κ1) is 11.6. The SMILES string of the molecule is COC(=O)C(Br)CNC(=O)c1cn[nH]n1. The summed E-state index contributed by atoms with van der Waals surface area (Å²) in [4.78, 5) is 21.7. The van der Waals surface area contributed by atoms with Gasteiger partial charge in [-0.2, -0.15) is 15.4 Å². The Balaban J connectivity index is 2.38. The molecule has 82 valence electrons. The fourth-order valence-electron chi connectivity index (χ4n) is 0.795. The Hall–Kier alpha value is -1.44. The van der Waals surface area contributed by atoms with E-state index in [4.69, 9.17) is 0 Å². The number of esters is 1. The minimum Gasteiger partial charge on any atom is -0.468 e. The Morgan fingerprint density at radius 1 is 1.73 bits per heavy atom.